The maximum Gasteiger partial charge on any atom is 0.416 e. The van der Waals surface area contributed by atoms with Crippen LogP contribution in [0.1, 0.15) is 21.6 Å². The molecule has 0 aliphatic rings. The third-order valence-electron chi connectivity index (χ3n) is 4.93. The van der Waals surface area contributed by atoms with Crippen molar-refractivity contribution in [1.82, 2.24) is 9.29 Å². The molecule has 0 saturated heterocycles. The Morgan fingerprint density at radius 2 is 1.56 bits per heavy atom. The van der Waals surface area contributed by atoms with E-state index in [-0.39, 0.29) is 5.69 Å². The number of rotatable bonds is 5. The van der Waals surface area contributed by atoms with Crippen LogP contribution in [0.2, 0.25) is 0 Å². The van der Waals surface area contributed by atoms with Crippen molar-refractivity contribution in [3.63, 3.8) is 0 Å². The van der Waals surface area contributed by atoms with Crippen LogP contribution >= 0.6 is 0 Å². The summed E-state index contributed by atoms with van der Waals surface area (Å²) >= 11 is 0. The molecule has 32 heavy (non-hydrogen) atoms. The Hall–Kier alpha value is -3.59. The van der Waals surface area contributed by atoms with Gasteiger partial charge in [0.15, 0.2) is 0 Å². The smallest absolute Gasteiger partial charge is 0.332 e. The number of sulfonamides is 1. The zero-order valence-electron chi connectivity index (χ0n) is 16.5. The summed E-state index contributed by atoms with van der Waals surface area (Å²) in [5, 5.41) is 0.727. The molecule has 0 atom stereocenters. The molecule has 0 bridgehead atoms. The number of fused-ring (bicyclic) bond motifs is 1. The van der Waals surface area contributed by atoms with Gasteiger partial charge in [-0.2, -0.15) is 13.2 Å². The summed E-state index contributed by atoms with van der Waals surface area (Å²) in [6.07, 6.45) is -4.71. The number of aromatic nitrogens is 1. The van der Waals surface area contributed by atoms with Crippen molar-refractivity contribution in [2.75, 3.05) is 0 Å². The average Bonchev–Trinajstić information content (AvgIpc) is 3.12. The minimum atomic E-state index is -4.71. The minimum absolute atomic E-state index is 0.0746. The number of nitrogens with zero attached hydrogens (tertiary/aromatic N) is 1. The van der Waals surface area contributed by atoms with Gasteiger partial charge in [-0.15, -0.1) is 0 Å². The summed E-state index contributed by atoms with van der Waals surface area (Å²) in [5.41, 5.74) is 0.568. The summed E-state index contributed by atoms with van der Waals surface area (Å²) in [6, 6.07) is 21.3. The van der Waals surface area contributed by atoms with Crippen molar-refractivity contribution in [2.45, 2.75) is 17.6 Å². The lowest BCUT2D eigenvalue weighted by Crippen LogP contribution is -2.32. The highest BCUT2D eigenvalue weighted by Crippen LogP contribution is 2.30. The van der Waals surface area contributed by atoms with E-state index in [1.807, 2.05) is 35.1 Å². The van der Waals surface area contributed by atoms with Crippen molar-refractivity contribution in [1.29, 1.82) is 0 Å². The topological polar surface area (TPSA) is 68.2 Å². The van der Waals surface area contributed by atoms with E-state index < -0.39 is 32.6 Å². The van der Waals surface area contributed by atoms with Crippen molar-refractivity contribution >= 4 is 26.8 Å². The molecule has 1 aromatic heterocycles. The quantitative estimate of drug-likeness (QED) is 0.466. The van der Waals surface area contributed by atoms with Crippen LogP contribution in [0.15, 0.2) is 89.8 Å². The summed E-state index contributed by atoms with van der Waals surface area (Å²) in [5.74, 6) is -0.936. The summed E-state index contributed by atoms with van der Waals surface area (Å²) in [7, 11) is -4.53. The number of hydrogen-bond acceptors (Lipinski definition) is 3. The van der Waals surface area contributed by atoms with E-state index in [0.717, 1.165) is 34.7 Å². The van der Waals surface area contributed by atoms with Gasteiger partial charge < -0.3 is 4.57 Å². The second-order valence-electron chi connectivity index (χ2n) is 7.12. The molecule has 4 aromatic rings. The molecule has 4 rings (SSSR count). The number of nitrogens with one attached hydrogen (secondary N) is 1. The minimum Gasteiger partial charge on any atom is -0.332 e. The fourth-order valence-electron chi connectivity index (χ4n) is 3.41. The Bertz CT molecular complexity index is 1400. The lowest BCUT2D eigenvalue weighted by Gasteiger charge is -2.13. The van der Waals surface area contributed by atoms with Gasteiger partial charge in [0.05, 0.1) is 10.5 Å². The number of para-hydroxylation sites is 1. The average molecular weight is 458 g/mol. The molecule has 1 heterocycles. The Kier molecular flexibility index (Phi) is 5.52. The van der Waals surface area contributed by atoms with Gasteiger partial charge in [-0.25, -0.2) is 13.1 Å². The number of benzene rings is 3. The van der Waals surface area contributed by atoms with E-state index in [1.54, 1.807) is 34.9 Å². The van der Waals surface area contributed by atoms with Gasteiger partial charge in [0, 0.05) is 17.4 Å². The van der Waals surface area contributed by atoms with Gasteiger partial charge >= 0.3 is 6.18 Å². The number of carbonyl (C=O) groups is 1. The molecule has 0 fully saturated rings. The van der Waals surface area contributed by atoms with Gasteiger partial charge in [0.2, 0.25) is 0 Å². The molecule has 5 nitrogen and oxygen atoms in total. The second kappa shape index (κ2) is 8.16. The predicted octanol–water partition coefficient (Wildman–Crippen LogP) is 4.83. The lowest BCUT2D eigenvalue weighted by atomic mass is 10.2. The van der Waals surface area contributed by atoms with Gasteiger partial charge in [-0.3, -0.25) is 4.79 Å². The molecule has 0 aliphatic heterocycles. The van der Waals surface area contributed by atoms with Crippen LogP contribution in [0.5, 0.6) is 0 Å². The van der Waals surface area contributed by atoms with E-state index in [4.69, 9.17) is 0 Å². The first kappa shape index (κ1) is 21.6. The zero-order chi connectivity index (χ0) is 22.9. The monoisotopic (exact) mass is 458 g/mol. The van der Waals surface area contributed by atoms with Crippen LogP contribution in [0, 0.1) is 0 Å². The second-order valence-corrected chi connectivity index (χ2v) is 8.80. The normalized spacial score (nSPS) is 12.1. The molecular formula is C23H17F3N2O3S. The third kappa shape index (κ3) is 4.38. The summed E-state index contributed by atoms with van der Waals surface area (Å²) in [6.45, 7) is 0.306. The van der Waals surface area contributed by atoms with E-state index in [1.165, 1.54) is 0 Å². The van der Waals surface area contributed by atoms with Crippen molar-refractivity contribution < 1.29 is 26.4 Å². The van der Waals surface area contributed by atoms with Gasteiger partial charge in [-0.1, -0.05) is 54.6 Å². The molecule has 0 spiro atoms. The Labute approximate surface area is 182 Å². The van der Waals surface area contributed by atoms with Crippen molar-refractivity contribution in [3.05, 3.63) is 102 Å². The largest absolute Gasteiger partial charge is 0.416 e. The van der Waals surface area contributed by atoms with Crippen molar-refractivity contribution in [3.8, 4) is 0 Å². The number of halogens is 3. The molecule has 164 valence electrons. The summed E-state index contributed by atoms with van der Waals surface area (Å²) in [4.78, 5) is 12.3. The highest BCUT2D eigenvalue weighted by Gasteiger charge is 2.32. The highest BCUT2D eigenvalue weighted by atomic mass is 32.2. The van der Waals surface area contributed by atoms with E-state index in [0.29, 0.717) is 12.6 Å². The SMILES string of the molecule is O=C(NS(=O)(=O)c1cccc(C(F)(F)F)c1)c1cc2ccccc2n1Cc1ccccc1. The molecule has 1 N–H and O–H groups in total. The van der Waals surface area contributed by atoms with Gasteiger partial charge in [0.25, 0.3) is 15.9 Å². The standard InChI is InChI=1S/C23H17F3N2O3S/c24-23(25,26)18-10-6-11-19(14-18)32(30,31)27-22(29)21-13-17-9-4-5-12-20(17)28(21)15-16-7-2-1-3-8-16/h1-14H,15H2,(H,27,29). The molecule has 0 radical (unpaired) electrons. The first-order chi connectivity index (χ1) is 15.1. The molecular weight excluding hydrogens is 441 g/mol. The van der Waals surface area contributed by atoms with Crippen LogP contribution in [0.3, 0.4) is 0 Å². The van der Waals surface area contributed by atoms with Gasteiger partial charge in [0.1, 0.15) is 5.69 Å². The van der Waals surface area contributed by atoms with E-state index in [2.05, 4.69) is 0 Å². The molecule has 0 aliphatic carbocycles. The number of alkyl halides is 3. The first-order valence-electron chi connectivity index (χ1n) is 9.52. The maximum atomic E-state index is 13.0. The summed E-state index contributed by atoms with van der Waals surface area (Å²) < 4.78 is 67.8. The Morgan fingerprint density at radius 3 is 2.28 bits per heavy atom. The predicted molar refractivity (Wildman–Crippen MR) is 114 cm³/mol. The van der Waals surface area contributed by atoms with E-state index in [9.17, 15) is 26.4 Å². The molecule has 0 unspecified atom stereocenters. The Balaban J connectivity index is 1.71. The maximum absolute atomic E-state index is 13.0. The first-order valence-corrected chi connectivity index (χ1v) is 11.0. The molecule has 9 heteroatoms. The number of hydrogen-bond donors (Lipinski definition) is 1. The Morgan fingerprint density at radius 1 is 0.875 bits per heavy atom. The third-order valence-corrected chi connectivity index (χ3v) is 6.25. The van der Waals surface area contributed by atoms with Crippen LogP contribution < -0.4 is 4.72 Å². The van der Waals surface area contributed by atoms with Gasteiger partial charge in [-0.05, 0) is 35.9 Å². The van der Waals surface area contributed by atoms with Crippen molar-refractivity contribution in [2.24, 2.45) is 0 Å². The molecule has 1 amide bonds. The zero-order valence-corrected chi connectivity index (χ0v) is 17.3. The molecule has 0 saturated carbocycles. The number of amides is 1. The highest BCUT2D eigenvalue weighted by molar-refractivity contribution is 7.90. The lowest BCUT2D eigenvalue weighted by molar-refractivity contribution is -0.137. The fraction of sp³-hybridized carbons (Fsp3) is 0.0870. The van der Waals surface area contributed by atoms with Crippen LogP contribution in [-0.4, -0.2) is 18.9 Å². The van der Waals surface area contributed by atoms with E-state index >= 15 is 0 Å². The van der Waals surface area contributed by atoms with Crippen LogP contribution in [-0.2, 0) is 22.7 Å². The van der Waals surface area contributed by atoms with Crippen LogP contribution in [0.25, 0.3) is 10.9 Å². The molecule has 3 aromatic carbocycles. The van der Waals surface area contributed by atoms with Crippen LogP contribution in [0.4, 0.5) is 13.2 Å². The number of carbonyl (C=O) groups excluding carboxylic acids is 1. The fourth-order valence-corrected chi connectivity index (χ4v) is 4.41.